The average Bonchev–Trinajstić information content (AvgIpc) is 2.77. The van der Waals surface area contributed by atoms with E-state index in [1.165, 1.54) is 18.7 Å². The molecule has 26 heavy (non-hydrogen) atoms. The molecule has 1 aliphatic heterocycles. The van der Waals surface area contributed by atoms with Gasteiger partial charge in [0.25, 0.3) is 0 Å². The number of aromatic hydroxyl groups is 1. The lowest BCUT2D eigenvalue weighted by Crippen LogP contribution is -2.41. The molecule has 1 atom stereocenters. The van der Waals surface area contributed by atoms with E-state index in [2.05, 4.69) is 10.6 Å². The molecule has 0 aliphatic carbocycles. The van der Waals surface area contributed by atoms with Gasteiger partial charge in [0, 0.05) is 28.8 Å². The van der Waals surface area contributed by atoms with Gasteiger partial charge in [0.15, 0.2) is 0 Å². The number of thioether (sulfide) groups is 1. The Morgan fingerprint density at radius 1 is 1.19 bits per heavy atom. The highest BCUT2D eigenvalue weighted by Gasteiger charge is 2.21. The topological polar surface area (TPSA) is 98.7 Å². The largest absolute Gasteiger partial charge is 0.508 e. The first-order chi connectivity index (χ1) is 12.4. The second-order valence-corrected chi connectivity index (χ2v) is 6.92. The van der Waals surface area contributed by atoms with E-state index in [-0.39, 0.29) is 11.5 Å². The number of hydrogen-bond donors (Lipinski definition) is 4. The molecule has 0 spiro atoms. The highest BCUT2D eigenvalue weighted by molar-refractivity contribution is 7.99. The number of aliphatic carboxylic acids is 1. The molecule has 2 aromatic carbocycles. The maximum atomic E-state index is 11.3. The van der Waals surface area contributed by atoms with Crippen molar-refractivity contribution in [2.24, 2.45) is 0 Å². The zero-order valence-electron chi connectivity index (χ0n) is 14.0. The lowest BCUT2D eigenvalue weighted by molar-refractivity contribution is -0.140. The molecule has 0 aromatic heterocycles. The van der Waals surface area contributed by atoms with Crippen LogP contribution in [0.3, 0.4) is 0 Å². The van der Waals surface area contributed by atoms with Gasteiger partial charge in [0.1, 0.15) is 11.8 Å². The van der Waals surface area contributed by atoms with Gasteiger partial charge >= 0.3 is 5.97 Å². The van der Waals surface area contributed by atoms with E-state index < -0.39 is 17.9 Å². The number of hydrogen-bond acceptors (Lipinski definition) is 5. The van der Waals surface area contributed by atoms with Crippen LogP contribution in [0.15, 0.2) is 41.3 Å². The van der Waals surface area contributed by atoms with Gasteiger partial charge in [-0.15, -0.1) is 11.8 Å². The zero-order valence-corrected chi connectivity index (χ0v) is 14.8. The first-order valence-corrected chi connectivity index (χ1v) is 8.96. The smallest absolute Gasteiger partial charge is 0.327 e. The summed E-state index contributed by atoms with van der Waals surface area (Å²) < 4.78 is 0. The predicted octanol–water partition coefficient (Wildman–Crippen LogP) is 3.30. The second-order valence-electron chi connectivity index (χ2n) is 5.86. The molecule has 7 heteroatoms. The van der Waals surface area contributed by atoms with Crippen molar-refractivity contribution in [1.29, 1.82) is 0 Å². The summed E-state index contributed by atoms with van der Waals surface area (Å²) in [4.78, 5) is 23.2. The third-order valence-electron chi connectivity index (χ3n) is 3.86. The van der Waals surface area contributed by atoms with Crippen molar-refractivity contribution in [2.45, 2.75) is 17.9 Å². The van der Waals surface area contributed by atoms with E-state index >= 15 is 0 Å². The number of anilines is 2. The maximum Gasteiger partial charge on any atom is 0.327 e. The molecule has 3 rings (SSSR count). The fraction of sp³-hybridized carbons (Fsp3) is 0.158. The Kier molecular flexibility index (Phi) is 5.18. The van der Waals surface area contributed by atoms with Gasteiger partial charge in [-0.05, 0) is 23.8 Å². The molecular formula is C19H18N2O4S. The van der Waals surface area contributed by atoms with Crippen LogP contribution in [0.5, 0.6) is 5.75 Å². The molecule has 1 heterocycles. The first-order valence-electron chi connectivity index (χ1n) is 7.98. The van der Waals surface area contributed by atoms with Crippen LogP contribution in [-0.2, 0) is 9.59 Å². The lowest BCUT2D eigenvalue weighted by Gasteiger charge is -2.17. The molecule has 134 valence electrons. The van der Waals surface area contributed by atoms with Crippen LogP contribution in [0.1, 0.15) is 18.1 Å². The van der Waals surface area contributed by atoms with Crippen molar-refractivity contribution < 1.29 is 19.8 Å². The van der Waals surface area contributed by atoms with Gasteiger partial charge in [0.2, 0.25) is 5.91 Å². The molecule has 1 amide bonds. The van der Waals surface area contributed by atoms with E-state index in [0.29, 0.717) is 4.90 Å². The standard InChI is InChI=1S/C19H18N2O4S/c1-11(22)20-16(19(24)25)10-26-17-9-14(23)8-13-7-6-12-4-2-3-5-15(12)21-18(13)17/h2-9,16,21,23H,10H2,1H3,(H,20,22)(H,24,25). The van der Waals surface area contributed by atoms with E-state index in [9.17, 15) is 19.8 Å². The van der Waals surface area contributed by atoms with E-state index in [1.54, 1.807) is 12.1 Å². The maximum absolute atomic E-state index is 11.3. The first kappa shape index (κ1) is 17.9. The Labute approximate surface area is 154 Å². The number of carboxylic acid groups (broad SMARTS) is 1. The molecule has 0 bridgehead atoms. The number of rotatable bonds is 5. The number of benzene rings is 2. The van der Waals surface area contributed by atoms with Crippen molar-refractivity contribution in [3.05, 3.63) is 47.5 Å². The van der Waals surface area contributed by atoms with Gasteiger partial charge in [-0.3, -0.25) is 4.79 Å². The van der Waals surface area contributed by atoms with Crippen LogP contribution < -0.4 is 10.6 Å². The Hall–Kier alpha value is -2.93. The summed E-state index contributed by atoms with van der Waals surface area (Å²) in [5, 5.41) is 25.1. The summed E-state index contributed by atoms with van der Waals surface area (Å²) in [6.45, 7) is 1.28. The zero-order chi connectivity index (χ0) is 18.7. The van der Waals surface area contributed by atoms with Gasteiger partial charge in [0.05, 0.1) is 5.69 Å². The Bertz CT molecular complexity index is 895. The molecule has 6 nitrogen and oxygen atoms in total. The van der Waals surface area contributed by atoms with Crippen molar-refractivity contribution in [3.8, 4) is 5.75 Å². The van der Waals surface area contributed by atoms with Gasteiger partial charge in [-0.25, -0.2) is 4.79 Å². The second kappa shape index (κ2) is 7.53. The molecule has 1 unspecified atom stereocenters. The molecule has 0 saturated heterocycles. The van der Waals surface area contributed by atoms with Gasteiger partial charge < -0.3 is 20.8 Å². The summed E-state index contributed by atoms with van der Waals surface area (Å²) in [7, 11) is 0. The summed E-state index contributed by atoms with van der Waals surface area (Å²) >= 11 is 1.26. The van der Waals surface area contributed by atoms with Crippen LogP contribution >= 0.6 is 11.8 Å². The van der Waals surface area contributed by atoms with Gasteiger partial charge in [-0.1, -0.05) is 30.4 Å². The quantitative estimate of drug-likeness (QED) is 0.406. The minimum Gasteiger partial charge on any atom is -0.508 e. The number of amides is 1. The molecule has 0 radical (unpaired) electrons. The number of phenolic OH excluding ortho intramolecular Hbond substituents is 1. The van der Waals surface area contributed by atoms with E-state index in [0.717, 1.165) is 22.5 Å². The highest BCUT2D eigenvalue weighted by atomic mass is 32.2. The number of para-hydroxylation sites is 1. The molecular weight excluding hydrogens is 352 g/mol. The highest BCUT2D eigenvalue weighted by Crippen LogP contribution is 2.40. The predicted molar refractivity (Wildman–Crippen MR) is 103 cm³/mol. The third-order valence-corrected chi connectivity index (χ3v) is 4.99. The number of carbonyl (C=O) groups excluding carboxylic acids is 1. The Balaban J connectivity index is 1.91. The Morgan fingerprint density at radius 3 is 2.65 bits per heavy atom. The average molecular weight is 370 g/mol. The minimum absolute atomic E-state index is 0.0926. The summed E-state index contributed by atoms with van der Waals surface area (Å²) in [5.41, 5.74) is 3.53. The SMILES string of the molecule is CC(=O)NC(CSc1cc(O)cc2c1Nc1ccccc1C=C2)C(=O)O. The van der Waals surface area contributed by atoms with Crippen molar-refractivity contribution in [1.82, 2.24) is 5.32 Å². The molecule has 2 aromatic rings. The number of phenols is 1. The fourth-order valence-corrected chi connectivity index (χ4v) is 3.75. The fourth-order valence-electron chi connectivity index (χ4n) is 2.66. The van der Waals surface area contributed by atoms with Crippen LogP contribution in [0.4, 0.5) is 11.4 Å². The van der Waals surface area contributed by atoms with Crippen LogP contribution in [0.25, 0.3) is 12.2 Å². The van der Waals surface area contributed by atoms with E-state index in [1.807, 2.05) is 36.4 Å². The molecule has 0 saturated carbocycles. The normalized spacial score (nSPS) is 13.0. The summed E-state index contributed by atoms with van der Waals surface area (Å²) in [6.07, 6.45) is 3.86. The summed E-state index contributed by atoms with van der Waals surface area (Å²) in [5.74, 6) is -1.27. The number of carboxylic acids is 1. The van der Waals surface area contributed by atoms with Crippen molar-refractivity contribution in [3.63, 3.8) is 0 Å². The lowest BCUT2D eigenvalue weighted by atomic mass is 10.1. The van der Waals surface area contributed by atoms with Crippen molar-refractivity contribution >= 4 is 47.2 Å². The van der Waals surface area contributed by atoms with Gasteiger partial charge in [-0.2, -0.15) is 0 Å². The third kappa shape index (κ3) is 4.00. The molecule has 1 aliphatic rings. The van der Waals surface area contributed by atoms with Crippen LogP contribution in [0.2, 0.25) is 0 Å². The van der Waals surface area contributed by atoms with Crippen LogP contribution in [0, 0.1) is 0 Å². The number of fused-ring (bicyclic) bond motifs is 2. The monoisotopic (exact) mass is 370 g/mol. The van der Waals surface area contributed by atoms with Crippen LogP contribution in [-0.4, -0.2) is 33.9 Å². The Morgan fingerprint density at radius 2 is 1.92 bits per heavy atom. The van der Waals surface area contributed by atoms with E-state index in [4.69, 9.17) is 0 Å². The number of carbonyl (C=O) groups is 2. The number of nitrogens with one attached hydrogen (secondary N) is 2. The van der Waals surface area contributed by atoms with Crippen molar-refractivity contribution in [2.75, 3.05) is 11.1 Å². The molecule has 0 fully saturated rings. The minimum atomic E-state index is -1.10. The molecule has 4 N–H and O–H groups in total. The summed E-state index contributed by atoms with van der Waals surface area (Å²) in [6, 6.07) is 10.0.